The normalized spacial score (nSPS) is 32.8. The standard InChI is InChI=1S/C21H20FN7O2/c22-14-7-13(9-24-10-14)17-2-5-26-28(17)19(30)15-3-6-27-11-21(15)8-18(21)29(27)20(31)16-1-4-23-12-25-16/h1,4-5,7,9-10,12,15,17-18H,2-3,6,8,11H2. The van der Waals surface area contributed by atoms with E-state index in [2.05, 4.69) is 20.1 Å². The molecule has 10 heteroatoms. The van der Waals surface area contributed by atoms with E-state index in [-0.39, 0.29) is 35.2 Å². The summed E-state index contributed by atoms with van der Waals surface area (Å²) in [4.78, 5) is 38.5. The van der Waals surface area contributed by atoms with E-state index in [0.29, 0.717) is 37.2 Å². The average molecular weight is 421 g/mol. The molecule has 1 saturated carbocycles. The fourth-order valence-electron chi connectivity index (χ4n) is 5.50. The number of amides is 2. The van der Waals surface area contributed by atoms with E-state index in [1.54, 1.807) is 29.7 Å². The number of hydrazine groups is 1. The minimum atomic E-state index is -0.430. The van der Waals surface area contributed by atoms with Crippen molar-refractivity contribution in [3.05, 3.63) is 54.1 Å². The molecular weight excluding hydrogens is 401 g/mol. The van der Waals surface area contributed by atoms with Gasteiger partial charge in [0.15, 0.2) is 0 Å². The Balaban J connectivity index is 1.24. The Hall–Kier alpha value is -3.27. The number of pyridine rings is 1. The van der Waals surface area contributed by atoms with Gasteiger partial charge in [-0.3, -0.25) is 19.6 Å². The van der Waals surface area contributed by atoms with Crippen molar-refractivity contribution in [1.29, 1.82) is 0 Å². The van der Waals surface area contributed by atoms with Crippen LogP contribution in [0.2, 0.25) is 0 Å². The van der Waals surface area contributed by atoms with Crippen molar-refractivity contribution in [2.75, 3.05) is 13.1 Å². The Labute approximate surface area is 177 Å². The summed E-state index contributed by atoms with van der Waals surface area (Å²) in [6.07, 6.45) is 9.34. The lowest BCUT2D eigenvalue weighted by molar-refractivity contribution is -0.141. The van der Waals surface area contributed by atoms with Crippen LogP contribution in [0.5, 0.6) is 0 Å². The molecule has 1 aliphatic carbocycles. The van der Waals surface area contributed by atoms with Gasteiger partial charge in [0.25, 0.3) is 5.91 Å². The molecule has 0 N–H and O–H groups in total. The van der Waals surface area contributed by atoms with Crippen molar-refractivity contribution in [3.63, 3.8) is 0 Å². The molecule has 2 bridgehead atoms. The molecule has 1 spiro atoms. The van der Waals surface area contributed by atoms with Crippen LogP contribution in [0.1, 0.15) is 41.4 Å². The number of carbonyl (C=O) groups is 2. The van der Waals surface area contributed by atoms with Crippen LogP contribution in [0, 0.1) is 17.2 Å². The van der Waals surface area contributed by atoms with Crippen molar-refractivity contribution >= 4 is 18.0 Å². The predicted octanol–water partition coefficient (Wildman–Crippen LogP) is 1.42. The molecule has 2 saturated heterocycles. The fourth-order valence-corrected chi connectivity index (χ4v) is 5.50. The summed E-state index contributed by atoms with van der Waals surface area (Å²) in [7, 11) is 0. The zero-order chi connectivity index (χ0) is 21.2. The van der Waals surface area contributed by atoms with E-state index < -0.39 is 5.82 Å². The number of nitrogens with zero attached hydrogens (tertiary/aromatic N) is 7. The minimum Gasteiger partial charge on any atom is -0.273 e. The second kappa shape index (κ2) is 6.61. The van der Waals surface area contributed by atoms with Crippen LogP contribution in [0.3, 0.4) is 0 Å². The molecule has 9 nitrogen and oxygen atoms in total. The second-order valence-electron chi connectivity index (χ2n) is 8.60. The molecule has 5 atom stereocenters. The fraction of sp³-hybridized carbons (Fsp3) is 0.429. The third-order valence-corrected chi connectivity index (χ3v) is 7.00. The van der Waals surface area contributed by atoms with Crippen LogP contribution in [0.4, 0.5) is 4.39 Å². The summed E-state index contributed by atoms with van der Waals surface area (Å²) >= 11 is 0. The van der Waals surface area contributed by atoms with Gasteiger partial charge in [-0.25, -0.2) is 24.4 Å². The number of rotatable bonds is 3. The van der Waals surface area contributed by atoms with Gasteiger partial charge >= 0.3 is 0 Å². The SMILES string of the molecule is O=C(C1CCN2CC13CC3N2C(=O)c1ccncn1)N1N=CCC1c1cncc(F)c1. The molecule has 2 aromatic heterocycles. The highest BCUT2D eigenvalue weighted by Crippen LogP contribution is 2.64. The Bertz CT molecular complexity index is 1100. The molecule has 3 fully saturated rings. The Morgan fingerprint density at radius 3 is 2.94 bits per heavy atom. The molecule has 4 aliphatic rings. The van der Waals surface area contributed by atoms with E-state index in [1.165, 1.54) is 17.4 Å². The van der Waals surface area contributed by atoms with Crippen molar-refractivity contribution in [2.24, 2.45) is 16.4 Å². The van der Waals surface area contributed by atoms with Crippen molar-refractivity contribution < 1.29 is 14.0 Å². The summed E-state index contributed by atoms with van der Waals surface area (Å²) in [6, 6.07) is 2.67. The van der Waals surface area contributed by atoms with Crippen LogP contribution in [-0.2, 0) is 4.79 Å². The maximum Gasteiger partial charge on any atom is 0.287 e. The van der Waals surface area contributed by atoms with Crippen LogP contribution >= 0.6 is 0 Å². The Kier molecular flexibility index (Phi) is 3.95. The number of halogens is 1. The number of fused-ring (bicyclic) bond motifs is 1. The number of hydrazone groups is 1. The Morgan fingerprint density at radius 2 is 2.13 bits per heavy atom. The molecule has 5 heterocycles. The summed E-state index contributed by atoms with van der Waals surface area (Å²) in [5.41, 5.74) is 0.747. The number of hydrogen-bond donors (Lipinski definition) is 0. The maximum atomic E-state index is 13.7. The predicted molar refractivity (Wildman–Crippen MR) is 106 cm³/mol. The summed E-state index contributed by atoms with van der Waals surface area (Å²) in [6.45, 7) is 1.30. The molecule has 2 amide bonds. The molecule has 6 rings (SSSR count). The lowest BCUT2D eigenvalue weighted by atomic mass is 9.82. The highest BCUT2D eigenvalue weighted by molar-refractivity contribution is 5.93. The third kappa shape index (κ3) is 2.71. The molecular formula is C21H20FN7O2. The molecule has 158 valence electrons. The van der Waals surface area contributed by atoms with Gasteiger partial charge < -0.3 is 0 Å². The third-order valence-electron chi connectivity index (χ3n) is 7.00. The van der Waals surface area contributed by atoms with Crippen LogP contribution < -0.4 is 0 Å². The minimum absolute atomic E-state index is 0.00714. The van der Waals surface area contributed by atoms with Gasteiger partial charge in [-0.2, -0.15) is 5.10 Å². The van der Waals surface area contributed by atoms with Gasteiger partial charge in [-0.05, 0) is 30.5 Å². The number of hydrogen-bond acceptors (Lipinski definition) is 7. The lowest BCUT2D eigenvalue weighted by Gasteiger charge is -2.37. The monoisotopic (exact) mass is 421 g/mol. The molecule has 3 aliphatic heterocycles. The zero-order valence-corrected chi connectivity index (χ0v) is 16.6. The smallest absolute Gasteiger partial charge is 0.273 e. The van der Waals surface area contributed by atoms with Crippen molar-refractivity contribution in [1.82, 2.24) is 30.0 Å². The quantitative estimate of drug-likeness (QED) is 0.744. The van der Waals surface area contributed by atoms with E-state index in [4.69, 9.17) is 0 Å². The van der Waals surface area contributed by atoms with Gasteiger partial charge in [0, 0.05) is 43.5 Å². The lowest BCUT2D eigenvalue weighted by Crippen LogP contribution is -2.49. The first-order chi connectivity index (χ1) is 15.1. The summed E-state index contributed by atoms with van der Waals surface area (Å²) in [5, 5.41) is 9.66. The summed E-state index contributed by atoms with van der Waals surface area (Å²) in [5.74, 6) is -0.860. The Morgan fingerprint density at radius 1 is 1.23 bits per heavy atom. The number of carbonyl (C=O) groups excluding carboxylic acids is 2. The average Bonchev–Trinajstić information content (AvgIpc) is 3.17. The molecule has 2 aromatic rings. The highest BCUT2D eigenvalue weighted by Gasteiger charge is 2.72. The second-order valence-corrected chi connectivity index (χ2v) is 8.60. The van der Waals surface area contributed by atoms with Crippen LogP contribution in [0.15, 0.2) is 42.2 Å². The van der Waals surface area contributed by atoms with Gasteiger partial charge in [0.1, 0.15) is 17.8 Å². The molecule has 0 aromatic carbocycles. The highest BCUT2D eigenvalue weighted by atomic mass is 19.1. The molecule has 31 heavy (non-hydrogen) atoms. The topological polar surface area (TPSA) is 94.9 Å². The van der Waals surface area contributed by atoms with Crippen LogP contribution in [-0.4, -0.2) is 67.1 Å². The largest absolute Gasteiger partial charge is 0.287 e. The van der Waals surface area contributed by atoms with E-state index in [9.17, 15) is 14.0 Å². The van der Waals surface area contributed by atoms with E-state index in [1.807, 2.05) is 5.01 Å². The van der Waals surface area contributed by atoms with E-state index >= 15 is 0 Å². The first kappa shape index (κ1) is 18.5. The van der Waals surface area contributed by atoms with Gasteiger partial charge in [-0.15, -0.1) is 0 Å². The number of piperidine rings is 1. The van der Waals surface area contributed by atoms with Gasteiger partial charge in [0.2, 0.25) is 5.91 Å². The van der Waals surface area contributed by atoms with Gasteiger partial charge in [0.05, 0.1) is 24.2 Å². The maximum absolute atomic E-state index is 13.7. The number of aromatic nitrogens is 3. The van der Waals surface area contributed by atoms with Crippen molar-refractivity contribution in [2.45, 2.75) is 31.3 Å². The molecule has 0 radical (unpaired) electrons. The molecule has 5 unspecified atom stereocenters. The van der Waals surface area contributed by atoms with E-state index in [0.717, 1.165) is 12.6 Å². The zero-order valence-electron chi connectivity index (χ0n) is 16.6. The van der Waals surface area contributed by atoms with Crippen molar-refractivity contribution in [3.8, 4) is 0 Å². The first-order valence-corrected chi connectivity index (χ1v) is 10.4. The van der Waals surface area contributed by atoms with Gasteiger partial charge in [-0.1, -0.05) is 0 Å². The summed E-state index contributed by atoms with van der Waals surface area (Å²) < 4.78 is 13.7. The first-order valence-electron chi connectivity index (χ1n) is 10.4. The van der Waals surface area contributed by atoms with Crippen LogP contribution in [0.25, 0.3) is 0 Å².